The first-order chi connectivity index (χ1) is 8.72. The predicted molar refractivity (Wildman–Crippen MR) is 70.9 cm³/mol. The Labute approximate surface area is 110 Å². The minimum absolute atomic E-state index is 0.136. The van der Waals surface area contributed by atoms with E-state index in [1.807, 2.05) is 11.4 Å². The predicted octanol–water partition coefficient (Wildman–Crippen LogP) is 0.542. The fourth-order valence-corrected chi connectivity index (χ4v) is 3.09. The molecule has 0 spiro atoms. The smallest absolute Gasteiger partial charge is 0.234 e. The molecule has 1 amide bonds. The van der Waals surface area contributed by atoms with E-state index in [4.69, 9.17) is 10.8 Å². The molecule has 18 heavy (non-hydrogen) atoms. The maximum Gasteiger partial charge on any atom is 0.234 e. The number of primary amides is 1. The number of carbonyl (C=O) groups excluding carboxylic acids is 1. The van der Waals surface area contributed by atoms with Crippen LogP contribution in [0, 0.1) is 11.8 Å². The van der Waals surface area contributed by atoms with Gasteiger partial charge in [0.25, 0.3) is 0 Å². The molecule has 1 saturated heterocycles. The molecular weight excluding hydrogens is 248 g/mol. The molecule has 0 saturated carbocycles. The van der Waals surface area contributed by atoms with Crippen LogP contribution in [0.4, 0.5) is 0 Å². The second-order valence-corrected chi connectivity index (χ2v) is 5.25. The molecule has 5 heteroatoms. The first-order valence-electron chi connectivity index (χ1n) is 5.92. The van der Waals surface area contributed by atoms with E-state index >= 15 is 0 Å². The molecule has 96 valence electrons. The molecular formula is C13H16N2O2S. The van der Waals surface area contributed by atoms with Crippen LogP contribution in [0.3, 0.4) is 0 Å². The number of likely N-dealkylation sites (tertiary alicyclic amines) is 1. The molecule has 0 aromatic carbocycles. The van der Waals surface area contributed by atoms with Crippen molar-refractivity contribution in [2.45, 2.75) is 25.4 Å². The topological polar surface area (TPSA) is 66.6 Å². The lowest BCUT2D eigenvalue weighted by atomic mass is 10.2. The summed E-state index contributed by atoms with van der Waals surface area (Å²) < 4.78 is 0. The van der Waals surface area contributed by atoms with Gasteiger partial charge in [0.15, 0.2) is 0 Å². The number of nitrogens with zero attached hydrogens (tertiary/aromatic N) is 1. The number of aliphatic hydroxyl groups is 1. The number of carbonyl (C=O) groups is 1. The van der Waals surface area contributed by atoms with E-state index in [1.165, 1.54) is 0 Å². The van der Waals surface area contributed by atoms with Crippen LogP contribution in [-0.2, 0) is 11.3 Å². The molecule has 1 aromatic rings. The Morgan fingerprint density at radius 2 is 2.50 bits per heavy atom. The maximum atomic E-state index is 11.3. The van der Waals surface area contributed by atoms with Crippen LogP contribution in [-0.4, -0.2) is 35.1 Å². The molecule has 4 nitrogen and oxygen atoms in total. The molecule has 1 aliphatic heterocycles. The number of hydrogen-bond donors (Lipinski definition) is 2. The minimum atomic E-state index is -0.243. The number of hydrogen-bond acceptors (Lipinski definition) is 4. The summed E-state index contributed by atoms with van der Waals surface area (Å²) in [5.74, 6) is 5.34. The van der Waals surface area contributed by atoms with Crippen molar-refractivity contribution in [2.75, 3.05) is 13.2 Å². The number of amides is 1. The van der Waals surface area contributed by atoms with Gasteiger partial charge < -0.3 is 10.8 Å². The van der Waals surface area contributed by atoms with Gasteiger partial charge in [-0.3, -0.25) is 9.69 Å². The Morgan fingerprint density at radius 1 is 1.67 bits per heavy atom. The second-order valence-electron chi connectivity index (χ2n) is 4.25. The number of rotatable bonds is 3. The summed E-state index contributed by atoms with van der Waals surface area (Å²) in [5, 5.41) is 10.7. The lowest BCUT2D eigenvalue weighted by molar-refractivity contribution is -0.122. The minimum Gasteiger partial charge on any atom is -0.384 e. The van der Waals surface area contributed by atoms with Crippen molar-refractivity contribution < 1.29 is 9.90 Å². The van der Waals surface area contributed by atoms with Crippen molar-refractivity contribution in [1.82, 2.24) is 4.90 Å². The summed E-state index contributed by atoms with van der Waals surface area (Å²) in [6.07, 6.45) is 1.86. The maximum absolute atomic E-state index is 11.3. The second kappa shape index (κ2) is 6.01. The van der Waals surface area contributed by atoms with E-state index in [-0.39, 0.29) is 18.6 Å². The lowest BCUT2D eigenvalue weighted by Crippen LogP contribution is -2.39. The third-order valence-electron chi connectivity index (χ3n) is 3.09. The van der Waals surface area contributed by atoms with Crippen molar-refractivity contribution in [3.8, 4) is 11.8 Å². The summed E-state index contributed by atoms with van der Waals surface area (Å²) in [6.45, 7) is 1.47. The fourth-order valence-electron chi connectivity index (χ4n) is 2.23. The van der Waals surface area contributed by atoms with Crippen molar-refractivity contribution in [1.29, 1.82) is 0 Å². The Kier molecular flexibility index (Phi) is 4.37. The van der Waals surface area contributed by atoms with Crippen LogP contribution in [0.1, 0.15) is 23.3 Å². The van der Waals surface area contributed by atoms with Gasteiger partial charge in [0, 0.05) is 17.0 Å². The molecule has 1 aliphatic rings. The third-order valence-corrected chi connectivity index (χ3v) is 3.99. The quantitative estimate of drug-likeness (QED) is 0.783. The molecule has 0 aliphatic carbocycles. The van der Waals surface area contributed by atoms with E-state index < -0.39 is 0 Å². The first kappa shape index (κ1) is 13.1. The van der Waals surface area contributed by atoms with Crippen LogP contribution in [0.2, 0.25) is 0 Å². The van der Waals surface area contributed by atoms with Crippen molar-refractivity contribution in [3.63, 3.8) is 0 Å². The van der Waals surface area contributed by atoms with Gasteiger partial charge in [0.2, 0.25) is 5.91 Å². The standard InChI is InChI=1S/C13H16N2O2S/c14-13(17)11-4-1-6-15(11)9-12-10(3-2-7-16)5-8-18-12/h5,8,11,16H,1,4,6-7,9H2,(H2,14,17). The van der Waals surface area contributed by atoms with Crippen LogP contribution < -0.4 is 5.73 Å². The van der Waals surface area contributed by atoms with Gasteiger partial charge >= 0.3 is 0 Å². The van der Waals surface area contributed by atoms with E-state index in [0.717, 1.165) is 29.8 Å². The summed E-state index contributed by atoms with van der Waals surface area (Å²) in [7, 11) is 0. The average molecular weight is 264 g/mol. The fraction of sp³-hybridized carbons (Fsp3) is 0.462. The van der Waals surface area contributed by atoms with Gasteiger partial charge in [-0.1, -0.05) is 11.8 Å². The molecule has 3 N–H and O–H groups in total. The third kappa shape index (κ3) is 2.91. The highest BCUT2D eigenvalue weighted by molar-refractivity contribution is 7.10. The monoisotopic (exact) mass is 264 g/mol. The Hall–Kier alpha value is -1.35. The van der Waals surface area contributed by atoms with Crippen molar-refractivity contribution in [2.24, 2.45) is 5.73 Å². The summed E-state index contributed by atoms with van der Waals surface area (Å²) in [4.78, 5) is 14.6. The summed E-state index contributed by atoms with van der Waals surface area (Å²) in [5.41, 5.74) is 6.33. The van der Waals surface area contributed by atoms with Crippen molar-refractivity contribution >= 4 is 17.2 Å². The van der Waals surface area contributed by atoms with Gasteiger partial charge in [-0.2, -0.15) is 0 Å². The highest BCUT2D eigenvalue weighted by Gasteiger charge is 2.29. The Balaban J connectivity index is 2.09. The largest absolute Gasteiger partial charge is 0.384 e. The highest BCUT2D eigenvalue weighted by Crippen LogP contribution is 2.24. The van der Waals surface area contributed by atoms with Crippen LogP contribution >= 0.6 is 11.3 Å². The summed E-state index contributed by atoms with van der Waals surface area (Å²) >= 11 is 1.62. The molecule has 2 rings (SSSR count). The van der Waals surface area contributed by atoms with Crippen LogP contribution in [0.25, 0.3) is 0 Å². The zero-order chi connectivity index (χ0) is 13.0. The van der Waals surface area contributed by atoms with E-state index in [0.29, 0.717) is 6.54 Å². The number of aliphatic hydroxyl groups excluding tert-OH is 1. The molecule has 1 atom stereocenters. The molecule has 1 unspecified atom stereocenters. The SMILES string of the molecule is NC(=O)C1CCCN1Cc1sccc1C#CCO. The highest BCUT2D eigenvalue weighted by atomic mass is 32.1. The Morgan fingerprint density at radius 3 is 3.22 bits per heavy atom. The zero-order valence-electron chi connectivity index (χ0n) is 10.1. The zero-order valence-corrected chi connectivity index (χ0v) is 10.9. The van der Waals surface area contributed by atoms with E-state index in [9.17, 15) is 4.79 Å². The van der Waals surface area contributed by atoms with Gasteiger partial charge in [-0.05, 0) is 30.8 Å². The van der Waals surface area contributed by atoms with Crippen LogP contribution in [0.15, 0.2) is 11.4 Å². The lowest BCUT2D eigenvalue weighted by Gasteiger charge is -2.21. The van der Waals surface area contributed by atoms with Gasteiger partial charge in [0.05, 0.1) is 6.04 Å². The molecule has 1 fully saturated rings. The van der Waals surface area contributed by atoms with Gasteiger partial charge in [-0.15, -0.1) is 11.3 Å². The van der Waals surface area contributed by atoms with Gasteiger partial charge in [-0.25, -0.2) is 0 Å². The average Bonchev–Trinajstić information content (AvgIpc) is 2.96. The summed E-state index contributed by atoms with van der Waals surface area (Å²) in [6, 6.07) is 1.80. The van der Waals surface area contributed by atoms with E-state index in [2.05, 4.69) is 16.7 Å². The van der Waals surface area contributed by atoms with Crippen molar-refractivity contribution in [3.05, 3.63) is 21.9 Å². The molecule has 1 aromatic heterocycles. The molecule has 2 heterocycles. The molecule has 0 radical (unpaired) electrons. The Bertz CT molecular complexity index is 487. The number of thiophene rings is 1. The van der Waals surface area contributed by atoms with E-state index in [1.54, 1.807) is 11.3 Å². The first-order valence-corrected chi connectivity index (χ1v) is 6.80. The number of nitrogens with two attached hydrogens (primary N) is 1. The van der Waals surface area contributed by atoms with Crippen LogP contribution in [0.5, 0.6) is 0 Å². The van der Waals surface area contributed by atoms with Gasteiger partial charge in [0.1, 0.15) is 6.61 Å². The molecule has 0 bridgehead atoms. The normalized spacial score (nSPS) is 19.5.